The number of allylic oxidation sites excluding steroid dienone is 1. The standard InChI is InChI=1S/C18H24BrNO2/c1-14(12-13-15-8-4-3-5-9-15)20(18(21)22-2)17-11-7-6-10-16(17)19/h3-5,8-10,14,17H,6-7,11-13H2,1-2H3/t14-,17+/m1/s1. The van der Waals surface area contributed by atoms with Gasteiger partial charge in [-0.2, -0.15) is 0 Å². The fourth-order valence-corrected chi connectivity index (χ4v) is 3.65. The number of ether oxygens (including phenoxy) is 1. The highest BCUT2D eigenvalue weighted by Crippen LogP contribution is 2.30. The number of rotatable bonds is 5. The second-order valence-corrected chi connectivity index (χ2v) is 6.70. The van der Waals surface area contributed by atoms with Gasteiger partial charge in [0.15, 0.2) is 0 Å². The first kappa shape index (κ1) is 17.1. The largest absolute Gasteiger partial charge is 0.453 e. The molecule has 0 aliphatic heterocycles. The van der Waals surface area contributed by atoms with Crippen LogP contribution in [0, 0.1) is 0 Å². The second kappa shape index (κ2) is 8.37. The first-order valence-corrected chi connectivity index (χ1v) is 8.68. The minimum Gasteiger partial charge on any atom is -0.453 e. The quantitative estimate of drug-likeness (QED) is 0.741. The molecule has 1 aliphatic carbocycles. The minimum atomic E-state index is -0.238. The maximum absolute atomic E-state index is 12.3. The molecule has 0 saturated carbocycles. The van der Waals surface area contributed by atoms with Crippen LogP contribution < -0.4 is 0 Å². The van der Waals surface area contributed by atoms with Gasteiger partial charge in [0.05, 0.1) is 13.2 Å². The fourth-order valence-electron chi connectivity index (χ4n) is 2.98. The number of halogens is 1. The zero-order chi connectivity index (χ0) is 15.9. The molecule has 0 heterocycles. The van der Waals surface area contributed by atoms with Crippen LogP contribution in [0.4, 0.5) is 4.79 Å². The summed E-state index contributed by atoms with van der Waals surface area (Å²) in [7, 11) is 1.46. The predicted molar refractivity (Wildman–Crippen MR) is 93.1 cm³/mol. The normalized spacial score (nSPS) is 19.2. The van der Waals surface area contributed by atoms with E-state index in [1.54, 1.807) is 0 Å². The average Bonchev–Trinajstić information content (AvgIpc) is 2.55. The molecule has 1 aromatic rings. The van der Waals surface area contributed by atoms with Crippen LogP contribution in [0.3, 0.4) is 0 Å². The Balaban J connectivity index is 2.06. The maximum atomic E-state index is 12.3. The van der Waals surface area contributed by atoms with Crippen LogP contribution in [-0.2, 0) is 11.2 Å². The fraction of sp³-hybridized carbons (Fsp3) is 0.500. The van der Waals surface area contributed by atoms with Gasteiger partial charge in [-0.15, -0.1) is 0 Å². The van der Waals surface area contributed by atoms with Crippen LogP contribution in [-0.4, -0.2) is 30.2 Å². The number of amides is 1. The van der Waals surface area contributed by atoms with E-state index in [1.165, 1.54) is 12.7 Å². The molecule has 0 bridgehead atoms. The van der Waals surface area contributed by atoms with Crippen molar-refractivity contribution in [3.05, 3.63) is 46.5 Å². The van der Waals surface area contributed by atoms with E-state index < -0.39 is 0 Å². The molecule has 0 fully saturated rings. The van der Waals surface area contributed by atoms with E-state index in [9.17, 15) is 4.79 Å². The molecule has 0 spiro atoms. The highest BCUT2D eigenvalue weighted by atomic mass is 79.9. The lowest BCUT2D eigenvalue weighted by molar-refractivity contribution is 0.0891. The van der Waals surface area contributed by atoms with Gasteiger partial charge >= 0.3 is 6.09 Å². The van der Waals surface area contributed by atoms with Crippen LogP contribution in [0.25, 0.3) is 0 Å². The molecule has 2 rings (SSSR count). The molecule has 22 heavy (non-hydrogen) atoms. The lowest BCUT2D eigenvalue weighted by atomic mass is 9.98. The predicted octanol–water partition coefficient (Wildman–Crippen LogP) is 4.91. The Morgan fingerprint density at radius 1 is 1.41 bits per heavy atom. The van der Waals surface area contributed by atoms with Crippen molar-refractivity contribution in [3.63, 3.8) is 0 Å². The van der Waals surface area contributed by atoms with Crippen molar-refractivity contribution in [1.82, 2.24) is 4.90 Å². The molecule has 2 atom stereocenters. The summed E-state index contributed by atoms with van der Waals surface area (Å²) < 4.78 is 6.13. The lowest BCUT2D eigenvalue weighted by Gasteiger charge is -2.37. The van der Waals surface area contributed by atoms with Gasteiger partial charge in [0.2, 0.25) is 0 Å². The Labute approximate surface area is 141 Å². The van der Waals surface area contributed by atoms with E-state index in [1.807, 2.05) is 11.0 Å². The van der Waals surface area contributed by atoms with Crippen molar-refractivity contribution >= 4 is 22.0 Å². The molecule has 3 nitrogen and oxygen atoms in total. The number of hydrogen-bond donors (Lipinski definition) is 0. The Hall–Kier alpha value is -1.29. The van der Waals surface area contributed by atoms with Crippen LogP contribution in [0.15, 0.2) is 40.9 Å². The second-order valence-electron chi connectivity index (χ2n) is 5.79. The van der Waals surface area contributed by atoms with Crippen molar-refractivity contribution in [1.29, 1.82) is 0 Å². The number of aryl methyl sites for hydroxylation is 1. The summed E-state index contributed by atoms with van der Waals surface area (Å²) in [4.78, 5) is 14.2. The summed E-state index contributed by atoms with van der Waals surface area (Å²) in [5, 5.41) is 0. The number of hydrogen-bond acceptors (Lipinski definition) is 2. The van der Waals surface area contributed by atoms with Crippen LogP contribution >= 0.6 is 15.9 Å². The summed E-state index contributed by atoms with van der Waals surface area (Å²) in [5.41, 5.74) is 1.30. The summed E-state index contributed by atoms with van der Waals surface area (Å²) in [6.45, 7) is 2.11. The summed E-state index contributed by atoms with van der Waals surface area (Å²) in [6, 6.07) is 10.6. The van der Waals surface area contributed by atoms with Gasteiger partial charge in [-0.3, -0.25) is 4.90 Å². The number of benzene rings is 1. The highest BCUT2D eigenvalue weighted by molar-refractivity contribution is 9.11. The van der Waals surface area contributed by atoms with Gasteiger partial charge in [0.25, 0.3) is 0 Å². The van der Waals surface area contributed by atoms with Gasteiger partial charge < -0.3 is 4.74 Å². The monoisotopic (exact) mass is 365 g/mol. The van der Waals surface area contributed by atoms with E-state index in [-0.39, 0.29) is 18.2 Å². The first-order chi connectivity index (χ1) is 10.6. The Morgan fingerprint density at radius 3 is 2.77 bits per heavy atom. The number of nitrogens with zero attached hydrogens (tertiary/aromatic N) is 1. The van der Waals surface area contributed by atoms with E-state index >= 15 is 0 Å². The molecule has 1 amide bonds. The van der Waals surface area contributed by atoms with Crippen LogP contribution in [0.2, 0.25) is 0 Å². The molecule has 0 unspecified atom stereocenters. The molecule has 1 aliphatic rings. The Morgan fingerprint density at radius 2 is 2.14 bits per heavy atom. The lowest BCUT2D eigenvalue weighted by Crippen LogP contribution is -2.47. The Kier molecular flexibility index (Phi) is 6.49. The number of carbonyl (C=O) groups excluding carboxylic acids is 1. The minimum absolute atomic E-state index is 0.104. The molecule has 120 valence electrons. The zero-order valence-electron chi connectivity index (χ0n) is 13.3. The number of methoxy groups -OCH3 is 1. The third-order valence-electron chi connectivity index (χ3n) is 4.23. The molecule has 0 saturated heterocycles. The summed E-state index contributed by atoms with van der Waals surface area (Å²) in [6.07, 6.45) is 7.00. The summed E-state index contributed by atoms with van der Waals surface area (Å²) in [5.74, 6) is 0. The van der Waals surface area contributed by atoms with Gasteiger partial charge in [-0.1, -0.05) is 52.3 Å². The molecule has 0 N–H and O–H groups in total. The van der Waals surface area contributed by atoms with E-state index in [0.29, 0.717) is 0 Å². The van der Waals surface area contributed by atoms with Gasteiger partial charge in [0.1, 0.15) is 0 Å². The van der Waals surface area contributed by atoms with Crippen molar-refractivity contribution in [2.45, 2.75) is 51.1 Å². The van der Waals surface area contributed by atoms with E-state index in [4.69, 9.17) is 4.74 Å². The van der Waals surface area contributed by atoms with E-state index in [0.717, 1.165) is 36.6 Å². The van der Waals surface area contributed by atoms with Crippen LogP contribution in [0.5, 0.6) is 0 Å². The zero-order valence-corrected chi connectivity index (χ0v) is 14.9. The van der Waals surface area contributed by atoms with Crippen molar-refractivity contribution in [2.75, 3.05) is 7.11 Å². The van der Waals surface area contributed by atoms with Gasteiger partial charge in [-0.05, 0) is 44.6 Å². The van der Waals surface area contributed by atoms with Crippen molar-refractivity contribution in [2.24, 2.45) is 0 Å². The molecule has 0 radical (unpaired) electrons. The molecule has 4 heteroatoms. The van der Waals surface area contributed by atoms with Crippen molar-refractivity contribution in [3.8, 4) is 0 Å². The molecule has 0 aromatic heterocycles. The SMILES string of the molecule is COC(=O)N([C@H](C)CCc1ccccc1)[C@H]1CCCC=C1Br. The topological polar surface area (TPSA) is 29.5 Å². The third-order valence-corrected chi connectivity index (χ3v) is 5.08. The van der Waals surface area contributed by atoms with E-state index in [2.05, 4.69) is 53.2 Å². The van der Waals surface area contributed by atoms with Crippen LogP contribution in [0.1, 0.15) is 38.2 Å². The Bertz CT molecular complexity index is 515. The smallest absolute Gasteiger partial charge is 0.410 e. The third kappa shape index (κ3) is 4.35. The van der Waals surface area contributed by atoms with Gasteiger partial charge in [-0.25, -0.2) is 4.79 Å². The van der Waals surface area contributed by atoms with Crippen molar-refractivity contribution < 1.29 is 9.53 Å². The van der Waals surface area contributed by atoms with Gasteiger partial charge in [0, 0.05) is 10.5 Å². The molecular weight excluding hydrogens is 342 g/mol. The maximum Gasteiger partial charge on any atom is 0.410 e. The summed E-state index contributed by atoms with van der Waals surface area (Å²) >= 11 is 3.63. The average molecular weight is 366 g/mol. The molecular formula is C18H24BrNO2. The highest BCUT2D eigenvalue weighted by Gasteiger charge is 2.31. The first-order valence-electron chi connectivity index (χ1n) is 7.89. The number of carbonyl (C=O) groups is 1. The molecule has 1 aromatic carbocycles.